The average molecular weight is 335 g/mol. The lowest BCUT2D eigenvalue weighted by Crippen LogP contribution is -2.50. The van der Waals surface area contributed by atoms with Crippen LogP contribution < -0.4 is 0 Å². The molecule has 1 amide bonds. The van der Waals surface area contributed by atoms with Gasteiger partial charge in [-0.05, 0) is 39.7 Å². The number of piperazine rings is 1. The number of halogens is 1. The first kappa shape index (κ1) is 16.8. The molecule has 0 radical (unpaired) electrons. The van der Waals surface area contributed by atoms with Crippen LogP contribution in [0.3, 0.4) is 0 Å². The van der Waals surface area contributed by atoms with Crippen molar-refractivity contribution >= 4 is 22.0 Å². The molecule has 1 rings (SSSR count). The molecule has 1 aliphatic rings. The van der Waals surface area contributed by atoms with Gasteiger partial charge in [-0.15, -0.1) is 0 Å². The van der Waals surface area contributed by atoms with Gasteiger partial charge in [0.05, 0.1) is 0 Å². The second-order valence-corrected chi connectivity index (χ2v) is 7.00. The van der Waals surface area contributed by atoms with E-state index < -0.39 is 5.60 Å². The summed E-state index contributed by atoms with van der Waals surface area (Å²) in [5.74, 6) is 0.712. The summed E-state index contributed by atoms with van der Waals surface area (Å²) in [5.41, 5.74) is -0.403. The smallest absolute Gasteiger partial charge is 0.410 e. The van der Waals surface area contributed by atoms with E-state index in [-0.39, 0.29) is 6.09 Å². The van der Waals surface area contributed by atoms with E-state index in [0.29, 0.717) is 5.92 Å². The standard InChI is InChI=1S/C14H27BrN2O2/c1-12(11-15)5-6-16-7-9-17(10-8-16)13(18)19-14(2,3)4/h12H,5-11H2,1-4H3. The first-order valence-electron chi connectivity index (χ1n) is 7.08. The first-order valence-corrected chi connectivity index (χ1v) is 8.20. The zero-order chi connectivity index (χ0) is 14.5. The Bertz CT molecular complexity index is 284. The topological polar surface area (TPSA) is 32.8 Å². The fourth-order valence-corrected chi connectivity index (χ4v) is 2.28. The lowest BCUT2D eigenvalue weighted by Gasteiger charge is -2.35. The second-order valence-electron chi connectivity index (χ2n) is 6.36. The van der Waals surface area contributed by atoms with Gasteiger partial charge in [0.15, 0.2) is 0 Å². The normalized spacial score (nSPS) is 19.3. The van der Waals surface area contributed by atoms with E-state index in [2.05, 4.69) is 27.8 Å². The molecule has 1 unspecified atom stereocenters. The predicted molar refractivity (Wildman–Crippen MR) is 81.8 cm³/mol. The quantitative estimate of drug-likeness (QED) is 0.741. The summed E-state index contributed by atoms with van der Waals surface area (Å²) in [7, 11) is 0. The predicted octanol–water partition coefficient (Wildman–Crippen LogP) is 2.96. The molecule has 5 heteroatoms. The fraction of sp³-hybridized carbons (Fsp3) is 0.929. The molecule has 4 nitrogen and oxygen atoms in total. The van der Waals surface area contributed by atoms with Crippen molar-refractivity contribution in [1.29, 1.82) is 0 Å². The Kier molecular flexibility index (Phi) is 6.60. The third-order valence-electron chi connectivity index (χ3n) is 3.23. The van der Waals surface area contributed by atoms with Crippen molar-refractivity contribution in [3.63, 3.8) is 0 Å². The Balaban J connectivity index is 2.27. The molecule has 1 fully saturated rings. The second kappa shape index (κ2) is 7.48. The van der Waals surface area contributed by atoms with Gasteiger partial charge in [0.1, 0.15) is 5.60 Å². The average Bonchev–Trinajstić information content (AvgIpc) is 2.34. The maximum atomic E-state index is 11.9. The SMILES string of the molecule is CC(CBr)CCN1CCN(C(=O)OC(C)(C)C)CC1. The highest BCUT2D eigenvalue weighted by Crippen LogP contribution is 2.13. The summed E-state index contributed by atoms with van der Waals surface area (Å²) in [4.78, 5) is 16.2. The van der Waals surface area contributed by atoms with Crippen LogP contribution in [-0.4, -0.2) is 59.5 Å². The highest BCUT2D eigenvalue weighted by atomic mass is 79.9. The van der Waals surface area contributed by atoms with Gasteiger partial charge >= 0.3 is 6.09 Å². The van der Waals surface area contributed by atoms with Gasteiger partial charge in [-0.3, -0.25) is 4.90 Å². The van der Waals surface area contributed by atoms with E-state index in [9.17, 15) is 4.79 Å². The van der Waals surface area contributed by atoms with Crippen LogP contribution in [0.15, 0.2) is 0 Å². The van der Waals surface area contributed by atoms with E-state index in [4.69, 9.17) is 4.74 Å². The van der Waals surface area contributed by atoms with Crippen LogP contribution in [0.25, 0.3) is 0 Å². The van der Waals surface area contributed by atoms with E-state index >= 15 is 0 Å². The molecule has 0 bridgehead atoms. The molecule has 19 heavy (non-hydrogen) atoms. The van der Waals surface area contributed by atoms with E-state index in [1.807, 2.05) is 25.7 Å². The molecular formula is C14H27BrN2O2. The van der Waals surface area contributed by atoms with Crippen molar-refractivity contribution in [1.82, 2.24) is 9.80 Å². The maximum absolute atomic E-state index is 11.9. The lowest BCUT2D eigenvalue weighted by molar-refractivity contribution is 0.0142. The number of amides is 1. The zero-order valence-corrected chi connectivity index (χ0v) is 14.2. The van der Waals surface area contributed by atoms with Crippen LogP contribution >= 0.6 is 15.9 Å². The van der Waals surface area contributed by atoms with Gasteiger partial charge in [-0.2, -0.15) is 0 Å². The summed E-state index contributed by atoms with van der Waals surface area (Å²) in [6.45, 7) is 12.5. The third kappa shape index (κ3) is 6.61. The van der Waals surface area contributed by atoms with Crippen molar-refractivity contribution < 1.29 is 9.53 Å². The number of alkyl halides is 1. The summed E-state index contributed by atoms with van der Waals surface area (Å²) < 4.78 is 5.39. The summed E-state index contributed by atoms with van der Waals surface area (Å²) in [6, 6.07) is 0. The first-order chi connectivity index (χ1) is 8.81. The van der Waals surface area contributed by atoms with Crippen LogP contribution in [0.1, 0.15) is 34.1 Å². The number of nitrogens with zero attached hydrogens (tertiary/aromatic N) is 2. The molecule has 0 saturated carbocycles. The highest BCUT2D eigenvalue weighted by Gasteiger charge is 2.25. The minimum atomic E-state index is -0.403. The molecule has 0 aromatic heterocycles. The van der Waals surface area contributed by atoms with Gasteiger partial charge < -0.3 is 9.64 Å². The Morgan fingerprint density at radius 1 is 1.26 bits per heavy atom. The summed E-state index contributed by atoms with van der Waals surface area (Å²) in [6.07, 6.45) is 1.03. The van der Waals surface area contributed by atoms with Gasteiger partial charge in [0.25, 0.3) is 0 Å². The van der Waals surface area contributed by atoms with E-state index in [1.165, 1.54) is 6.42 Å². The zero-order valence-electron chi connectivity index (χ0n) is 12.6. The van der Waals surface area contributed by atoms with Crippen molar-refractivity contribution in [2.24, 2.45) is 5.92 Å². The van der Waals surface area contributed by atoms with E-state index in [0.717, 1.165) is 38.1 Å². The molecule has 1 heterocycles. The van der Waals surface area contributed by atoms with Crippen LogP contribution in [0, 0.1) is 5.92 Å². The molecule has 1 atom stereocenters. The van der Waals surface area contributed by atoms with Gasteiger partial charge in [0, 0.05) is 31.5 Å². The molecular weight excluding hydrogens is 308 g/mol. The molecule has 1 aliphatic heterocycles. The Morgan fingerprint density at radius 3 is 2.32 bits per heavy atom. The van der Waals surface area contributed by atoms with Crippen LogP contribution in [0.4, 0.5) is 4.79 Å². The monoisotopic (exact) mass is 334 g/mol. The van der Waals surface area contributed by atoms with Gasteiger partial charge in [-0.25, -0.2) is 4.79 Å². The molecule has 0 aromatic rings. The maximum Gasteiger partial charge on any atom is 0.410 e. The minimum absolute atomic E-state index is 0.180. The lowest BCUT2D eigenvalue weighted by atomic mass is 10.1. The Morgan fingerprint density at radius 2 is 1.84 bits per heavy atom. The third-order valence-corrected chi connectivity index (χ3v) is 4.33. The van der Waals surface area contributed by atoms with Crippen molar-refractivity contribution in [2.75, 3.05) is 38.1 Å². The van der Waals surface area contributed by atoms with Crippen molar-refractivity contribution in [3.05, 3.63) is 0 Å². The minimum Gasteiger partial charge on any atom is -0.444 e. The molecule has 1 saturated heterocycles. The number of ether oxygens (including phenoxy) is 1. The number of hydrogen-bond acceptors (Lipinski definition) is 3. The van der Waals surface area contributed by atoms with Crippen molar-refractivity contribution in [2.45, 2.75) is 39.7 Å². The molecule has 0 aliphatic carbocycles. The highest BCUT2D eigenvalue weighted by molar-refractivity contribution is 9.09. The Hall–Kier alpha value is -0.290. The number of carbonyl (C=O) groups is 1. The van der Waals surface area contributed by atoms with Crippen LogP contribution in [-0.2, 0) is 4.74 Å². The molecule has 0 N–H and O–H groups in total. The van der Waals surface area contributed by atoms with Crippen molar-refractivity contribution in [3.8, 4) is 0 Å². The van der Waals surface area contributed by atoms with Crippen LogP contribution in [0.2, 0.25) is 0 Å². The van der Waals surface area contributed by atoms with Crippen LogP contribution in [0.5, 0.6) is 0 Å². The van der Waals surface area contributed by atoms with Gasteiger partial charge in [0.2, 0.25) is 0 Å². The summed E-state index contributed by atoms with van der Waals surface area (Å²) in [5, 5.41) is 1.06. The largest absolute Gasteiger partial charge is 0.444 e. The number of rotatable bonds is 4. The Labute approximate surface area is 125 Å². The van der Waals surface area contributed by atoms with Gasteiger partial charge in [-0.1, -0.05) is 22.9 Å². The number of hydrogen-bond donors (Lipinski definition) is 0. The molecule has 0 aromatic carbocycles. The molecule has 0 spiro atoms. The molecule has 112 valence electrons. The summed E-state index contributed by atoms with van der Waals surface area (Å²) >= 11 is 3.51. The number of carbonyl (C=O) groups excluding carboxylic acids is 1. The fourth-order valence-electron chi connectivity index (χ4n) is 1.96. The van der Waals surface area contributed by atoms with E-state index in [1.54, 1.807) is 0 Å².